The summed E-state index contributed by atoms with van der Waals surface area (Å²) in [6, 6.07) is 6.79. The van der Waals surface area contributed by atoms with Crippen LogP contribution in [0.4, 0.5) is 0 Å². The maximum absolute atomic E-state index is 12.1. The maximum atomic E-state index is 12.1. The molecule has 0 fully saturated rings. The van der Waals surface area contributed by atoms with Crippen LogP contribution >= 0.6 is 11.6 Å². The van der Waals surface area contributed by atoms with Gasteiger partial charge in [0.2, 0.25) is 0 Å². The van der Waals surface area contributed by atoms with E-state index in [2.05, 4.69) is 20.8 Å². The molecule has 20 heavy (non-hydrogen) atoms. The van der Waals surface area contributed by atoms with Gasteiger partial charge in [-0.1, -0.05) is 38.4 Å². The Labute approximate surface area is 126 Å². The molecule has 1 aromatic carbocycles. The van der Waals surface area contributed by atoms with Gasteiger partial charge in [0.15, 0.2) is 0 Å². The first-order valence-electron chi connectivity index (χ1n) is 7.07. The number of hydrogen-bond acceptors (Lipinski definition) is 3. The summed E-state index contributed by atoms with van der Waals surface area (Å²) in [6.07, 6.45) is 1.53. The first kappa shape index (κ1) is 17.0. The molecule has 0 aliphatic rings. The van der Waals surface area contributed by atoms with Crippen LogP contribution in [0.1, 0.15) is 44.0 Å². The molecule has 0 saturated carbocycles. The lowest BCUT2D eigenvalue weighted by Gasteiger charge is -2.19. The van der Waals surface area contributed by atoms with Gasteiger partial charge >= 0.3 is 5.97 Å². The van der Waals surface area contributed by atoms with Crippen molar-refractivity contribution in [1.29, 1.82) is 0 Å². The van der Waals surface area contributed by atoms with E-state index in [-0.39, 0.29) is 12.1 Å². The quantitative estimate of drug-likeness (QED) is 0.529. The van der Waals surface area contributed by atoms with E-state index < -0.39 is 0 Å². The summed E-state index contributed by atoms with van der Waals surface area (Å²) in [7, 11) is 0. The van der Waals surface area contributed by atoms with Crippen LogP contribution in [-0.2, 0) is 9.47 Å². The fourth-order valence-corrected chi connectivity index (χ4v) is 2.06. The van der Waals surface area contributed by atoms with E-state index in [4.69, 9.17) is 21.1 Å². The number of hydrogen-bond donors (Lipinski definition) is 0. The minimum atomic E-state index is -0.349. The molecule has 0 bridgehead atoms. The Morgan fingerprint density at radius 3 is 2.70 bits per heavy atom. The number of ether oxygens (including phenoxy) is 2. The molecule has 0 aliphatic carbocycles. The van der Waals surface area contributed by atoms with Crippen molar-refractivity contribution in [2.45, 2.75) is 39.7 Å². The van der Waals surface area contributed by atoms with Gasteiger partial charge in [0, 0.05) is 11.6 Å². The number of carbonyl (C=O) groups is 1. The highest BCUT2D eigenvalue weighted by Crippen LogP contribution is 2.15. The molecule has 1 atom stereocenters. The Balaban J connectivity index is 2.60. The zero-order valence-electron chi connectivity index (χ0n) is 12.4. The van der Waals surface area contributed by atoms with Gasteiger partial charge in [-0.3, -0.25) is 0 Å². The van der Waals surface area contributed by atoms with E-state index in [1.165, 1.54) is 0 Å². The van der Waals surface area contributed by atoms with Gasteiger partial charge in [0.25, 0.3) is 0 Å². The second kappa shape index (κ2) is 8.98. The van der Waals surface area contributed by atoms with Crippen LogP contribution in [0.5, 0.6) is 0 Å². The van der Waals surface area contributed by atoms with E-state index in [1.807, 2.05) is 0 Å². The summed E-state index contributed by atoms with van der Waals surface area (Å²) in [5, 5.41) is 0.530. The highest BCUT2D eigenvalue weighted by molar-refractivity contribution is 6.30. The van der Waals surface area contributed by atoms with Crippen LogP contribution < -0.4 is 0 Å². The number of esters is 1. The second-order valence-electron chi connectivity index (χ2n) is 5.24. The lowest BCUT2D eigenvalue weighted by molar-refractivity contribution is -0.0107. The molecule has 0 radical (unpaired) electrons. The van der Waals surface area contributed by atoms with Gasteiger partial charge in [-0.25, -0.2) is 4.79 Å². The molecule has 3 nitrogen and oxygen atoms in total. The van der Waals surface area contributed by atoms with Crippen molar-refractivity contribution >= 4 is 17.6 Å². The summed E-state index contributed by atoms with van der Waals surface area (Å²) >= 11 is 5.88. The van der Waals surface area contributed by atoms with Crippen molar-refractivity contribution in [2.75, 3.05) is 13.2 Å². The van der Waals surface area contributed by atoms with Gasteiger partial charge in [-0.2, -0.15) is 0 Å². The van der Waals surface area contributed by atoms with E-state index in [0.29, 0.717) is 29.7 Å². The smallest absolute Gasteiger partial charge is 0.338 e. The number of halogens is 1. The van der Waals surface area contributed by atoms with Crippen LogP contribution in [0.25, 0.3) is 0 Å². The Kier molecular flexibility index (Phi) is 7.63. The van der Waals surface area contributed by atoms with Gasteiger partial charge in [0.1, 0.15) is 6.10 Å². The van der Waals surface area contributed by atoms with Crippen LogP contribution in [0.2, 0.25) is 5.02 Å². The van der Waals surface area contributed by atoms with Gasteiger partial charge in [-0.15, -0.1) is 0 Å². The maximum Gasteiger partial charge on any atom is 0.338 e. The first-order chi connectivity index (χ1) is 9.52. The Bertz CT molecular complexity index is 418. The molecule has 0 N–H and O–H groups in total. The topological polar surface area (TPSA) is 35.5 Å². The summed E-state index contributed by atoms with van der Waals surface area (Å²) in [4.78, 5) is 12.1. The highest BCUT2D eigenvalue weighted by atomic mass is 35.5. The van der Waals surface area contributed by atoms with Crippen LogP contribution in [0.3, 0.4) is 0 Å². The highest BCUT2D eigenvalue weighted by Gasteiger charge is 2.17. The average Bonchev–Trinajstić information content (AvgIpc) is 2.38. The fourth-order valence-electron chi connectivity index (χ4n) is 1.87. The molecule has 1 aromatic rings. The number of benzene rings is 1. The van der Waals surface area contributed by atoms with Gasteiger partial charge < -0.3 is 9.47 Å². The molecule has 0 heterocycles. The number of carbonyl (C=O) groups excluding carboxylic acids is 1. The standard InChI is InChI=1S/C16H23ClO3/c1-4-8-19-11-15(9-12(2)3)20-16(18)13-6-5-7-14(17)10-13/h5-7,10,12,15H,4,8-9,11H2,1-3H3. The van der Waals surface area contributed by atoms with Crippen LogP contribution in [0, 0.1) is 5.92 Å². The zero-order valence-corrected chi connectivity index (χ0v) is 13.2. The van der Waals surface area contributed by atoms with E-state index in [9.17, 15) is 4.79 Å². The molecular weight excluding hydrogens is 276 g/mol. The SMILES string of the molecule is CCCOCC(CC(C)C)OC(=O)c1cccc(Cl)c1. The predicted octanol–water partition coefficient (Wildman–Crippen LogP) is 4.34. The summed E-state index contributed by atoms with van der Waals surface area (Å²) in [6.45, 7) is 7.37. The average molecular weight is 299 g/mol. The largest absolute Gasteiger partial charge is 0.456 e. The van der Waals surface area contributed by atoms with Crippen molar-refractivity contribution in [3.63, 3.8) is 0 Å². The van der Waals surface area contributed by atoms with Crippen molar-refractivity contribution < 1.29 is 14.3 Å². The first-order valence-corrected chi connectivity index (χ1v) is 7.45. The molecule has 4 heteroatoms. The molecular formula is C16H23ClO3. The molecule has 0 saturated heterocycles. The third kappa shape index (κ3) is 6.40. The van der Waals surface area contributed by atoms with Crippen molar-refractivity contribution in [2.24, 2.45) is 5.92 Å². The van der Waals surface area contributed by atoms with Crippen LogP contribution in [0.15, 0.2) is 24.3 Å². The molecule has 0 aliphatic heterocycles. The predicted molar refractivity (Wildman–Crippen MR) is 81.2 cm³/mol. The van der Waals surface area contributed by atoms with Crippen LogP contribution in [-0.4, -0.2) is 25.3 Å². The Morgan fingerprint density at radius 1 is 1.35 bits per heavy atom. The molecule has 0 aromatic heterocycles. The van der Waals surface area contributed by atoms with Crippen molar-refractivity contribution in [3.8, 4) is 0 Å². The normalized spacial score (nSPS) is 12.4. The molecule has 0 amide bonds. The lowest BCUT2D eigenvalue weighted by Crippen LogP contribution is -2.25. The molecule has 1 unspecified atom stereocenters. The van der Waals surface area contributed by atoms with Crippen molar-refractivity contribution in [3.05, 3.63) is 34.9 Å². The van der Waals surface area contributed by atoms with E-state index in [0.717, 1.165) is 12.8 Å². The minimum absolute atomic E-state index is 0.215. The Morgan fingerprint density at radius 2 is 2.10 bits per heavy atom. The third-order valence-corrected chi connectivity index (χ3v) is 2.96. The van der Waals surface area contributed by atoms with Gasteiger partial charge in [-0.05, 0) is 37.0 Å². The monoisotopic (exact) mass is 298 g/mol. The zero-order chi connectivity index (χ0) is 15.0. The lowest BCUT2D eigenvalue weighted by atomic mass is 10.1. The van der Waals surface area contributed by atoms with Gasteiger partial charge in [0.05, 0.1) is 12.2 Å². The summed E-state index contributed by atoms with van der Waals surface area (Å²) in [5.41, 5.74) is 0.474. The summed E-state index contributed by atoms with van der Waals surface area (Å²) in [5.74, 6) is 0.0932. The third-order valence-electron chi connectivity index (χ3n) is 2.72. The minimum Gasteiger partial charge on any atom is -0.456 e. The molecule has 0 spiro atoms. The molecule has 1 rings (SSSR count). The van der Waals surface area contributed by atoms with E-state index in [1.54, 1.807) is 24.3 Å². The van der Waals surface area contributed by atoms with Crippen molar-refractivity contribution in [1.82, 2.24) is 0 Å². The number of rotatable bonds is 8. The second-order valence-corrected chi connectivity index (χ2v) is 5.68. The summed E-state index contributed by atoms with van der Waals surface area (Å²) < 4.78 is 11.0. The van der Waals surface area contributed by atoms with E-state index >= 15 is 0 Å². The fraction of sp³-hybridized carbons (Fsp3) is 0.562. The molecule has 112 valence electrons. The Hall–Kier alpha value is -1.06.